The number of carbonyl (C=O) groups is 2. The normalized spacial score (nSPS) is 15.8. The molecule has 0 saturated carbocycles. The predicted molar refractivity (Wildman–Crippen MR) is 78.4 cm³/mol. The maximum Gasteiger partial charge on any atom is 0.270 e. The van der Waals surface area contributed by atoms with Crippen LogP contribution in [0, 0.1) is 0 Å². The highest BCUT2D eigenvalue weighted by atomic mass is 16.5. The fourth-order valence-electron chi connectivity index (χ4n) is 2.52. The Morgan fingerprint density at radius 1 is 1.29 bits per heavy atom. The highest BCUT2D eigenvalue weighted by Gasteiger charge is 2.18. The highest BCUT2D eigenvalue weighted by molar-refractivity contribution is 6.01. The molecule has 5 nitrogen and oxygen atoms in total. The van der Waals surface area contributed by atoms with Crippen LogP contribution in [0.4, 0.5) is 0 Å². The first-order valence-corrected chi connectivity index (χ1v) is 7.01. The van der Waals surface area contributed by atoms with Crippen molar-refractivity contribution in [1.82, 2.24) is 10.3 Å². The van der Waals surface area contributed by atoms with Gasteiger partial charge >= 0.3 is 0 Å². The summed E-state index contributed by atoms with van der Waals surface area (Å²) in [5, 5.41) is 3.71. The fourth-order valence-corrected chi connectivity index (χ4v) is 2.52. The average Bonchev–Trinajstić information content (AvgIpc) is 2.54. The smallest absolute Gasteiger partial charge is 0.270 e. The van der Waals surface area contributed by atoms with Gasteiger partial charge in [-0.05, 0) is 25.0 Å². The Morgan fingerprint density at radius 3 is 2.81 bits per heavy atom. The minimum absolute atomic E-state index is 0.110. The molecule has 1 fully saturated rings. The van der Waals surface area contributed by atoms with Crippen molar-refractivity contribution < 1.29 is 14.3 Å². The van der Waals surface area contributed by atoms with Gasteiger partial charge in [0.05, 0.1) is 5.52 Å². The van der Waals surface area contributed by atoms with Crippen LogP contribution in [0.1, 0.15) is 33.7 Å². The summed E-state index contributed by atoms with van der Waals surface area (Å²) >= 11 is 0. The summed E-state index contributed by atoms with van der Waals surface area (Å²) in [5.74, 6) is -0.240. The van der Waals surface area contributed by atoms with Crippen LogP contribution in [-0.4, -0.2) is 36.4 Å². The van der Waals surface area contributed by atoms with Crippen molar-refractivity contribution in [3.63, 3.8) is 0 Å². The molecule has 0 unspecified atom stereocenters. The summed E-state index contributed by atoms with van der Waals surface area (Å²) in [6.07, 6.45) is 2.37. The molecule has 0 bridgehead atoms. The minimum Gasteiger partial charge on any atom is -0.381 e. The quantitative estimate of drug-likeness (QED) is 0.875. The first kappa shape index (κ1) is 13.7. The number of aldehydes is 1. The van der Waals surface area contributed by atoms with Crippen molar-refractivity contribution in [2.45, 2.75) is 18.9 Å². The molecule has 0 atom stereocenters. The molecular formula is C16H16N2O3. The number of hydrogen-bond donors (Lipinski definition) is 1. The van der Waals surface area contributed by atoms with E-state index in [1.807, 2.05) is 18.2 Å². The van der Waals surface area contributed by atoms with Gasteiger partial charge in [-0.15, -0.1) is 0 Å². The van der Waals surface area contributed by atoms with Gasteiger partial charge in [0.15, 0.2) is 6.29 Å². The summed E-state index contributed by atoms with van der Waals surface area (Å²) in [6, 6.07) is 8.96. The van der Waals surface area contributed by atoms with Crippen molar-refractivity contribution in [3.8, 4) is 0 Å². The largest absolute Gasteiger partial charge is 0.381 e. The number of pyridine rings is 1. The molecular weight excluding hydrogens is 268 g/mol. The van der Waals surface area contributed by atoms with Gasteiger partial charge in [-0.25, -0.2) is 4.98 Å². The van der Waals surface area contributed by atoms with E-state index in [1.165, 1.54) is 0 Å². The standard InChI is InChI=1S/C16H16N2O3/c19-10-11-9-15(18-14-4-2-1-3-13(11)14)16(20)17-12-5-7-21-8-6-12/h1-4,9-10,12H,5-8H2,(H,17,20). The van der Waals surface area contributed by atoms with E-state index in [2.05, 4.69) is 10.3 Å². The zero-order valence-electron chi connectivity index (χ0n) is 11.5. The lowest BCUT2D eigenvalue weighted by Gasteiger charge is -2.23. The first-order valence-electron chi connectivity index (χ1n) is 7.01. The molecule has 2 aromatic rings. The van der Waals surface area contributed by atoms with E-state index in [9.17, 15) is 9.59 Å². The highest BCUT2D eigenvalue weighted by Crippen LogP contribution is 2.17. The van der Waals surface area contributed by atoms with Gasteiger partial charge in [-0.1, -0.05) is 18.2 Å². The zero-order chi connectivity index (χ0) is 14.7. The molecule has 21 heavy (non-hydrogen) atoms. The van der Waals surface area contributed by atoms with Gasteiger partial charge in [0.2, 0.25) is 0 Å². The molecule has 1 N–H and O–H groups in total. The Hall–Kier alpha value is -2.27. The molecule has 108 valence electrons. The van der Waals surface area contributed by atoms with Crippen LogP contribution in [0.15, 0.2) is 30.3 Å². The van der Waals surface area contributed by atoms with E-state index >= 15 is 0 Å². The molecule has 1 saturated heterocycles. The lowest BCUT2D eigenvalue weighted by Crippen LogP contribution is -2.39. The number of nitrogens with one attached hydrogen (secondary N) is 1. The molecule has 0 spiro atoms. The van der Waals surface area contributed by atoms with Crippen LogP contribution in [0.3, 0.4) is 0 Å². The van der Waals surface area contributed by atoms with Gasteiger partial charge in [-0.2, -0.15) is 0 Å². The number of benzene rings is 1. The molecule has 0 radical (unpaired) electrons. The number of ether oxygens (including phenoxy) is 1. The van der Waals surface area contributed by atoms with E-state index in [0.29, 0.717) is 24.3 Å². The molecule has 5 heteroatoms. The second-order valence-corrected chi connectivity index (χ2v) is 5.09. The van der Waals surface area contributed by atoms with Crippen molar-refractivity contribution >= 4 is 23.1 Å². The average molecular weight is 284 g/mol. The van der Waals surface area contributed by atoms with E-state index in [-0.39, 0.29) is 17.6 Å². The summed E-state index contributed by atoms with van der Waals surface area (Å²) in [7, 11) is 0. The number of para-hydroxylation sites is 1. The predicted octanol–water partition coefficient (Wildman–Crippen LogP) is 1.96. The SMILES string of the molecule is O=Cc1cc(C(=O)NC2CCOCC2)nc2ccccc12. The molecule has 1 aromatic carbocycles. The van der Waals surface area contributed by atoms with E-state index < -0.39 is 0 Å². The Bertz CT molecular complexity index is 678. The minimum atomic E-state index is -0.240. The Morgan fingerprint density at radius 2 is 2.05 bits per heavy atom. The van der Waals surface area contributed by atoms with Crippen molar-refractivity contribution in [2.24, 2.45) is 0 Å². The lowest BCUT2D eigenvalue weighted by molar-refractivity contribution is 0.0694. The number of hydrogen-bond acceptors (Lipinski definition) is 4. The lowest BCUT2D eigenvalue weighted by atomic mass is 10.1. The number of carbonyl (C=O) groups excluding carboxylic acids is 2. The van der Waals surface area contributed by atoms with E-state index in [0.717, 1.165) is 24.5 Å². The monoisotopic (exact) mass is 284 g/mol. The second-order valence-electron chi connectivity index (χ2n) is 5.09. The summed E-state index contributed by atoms with van der Waals surface area (Å²) in [4.78, 5) is 27.9. The summed E-state index contributed by atoms with van der Waals surface area (Å²) in [6.45, 7) is 1.32. The van der Waals surface area contributed by atoms with Crippen molar-refractivity contribution in [1.29, 1.82) is 0 Å². The second kappa shape index (κ2) is 6.01. The van der Waals surface area contributed by atoms with Crippen molar-refractivity contribution in [3.05, 3.63) is 41.6 Å². The van der Waals surface area contributed by atoms with Gasteiger partial charge in [0.25, 0.3) is 5.91 Å². The number of fused-ring (bicyclic) bond motifs is 1. The molecule has 0 aliphatic carbocycles. The number of rotatable bonds is 3. The molecule has 1 amide bonds. The van der Waals surface area contributed by atoms with Gasteiger partial charge in [0, 0.05) is 30.2 Å². The number of aromatic nitrogens is 1. The van der Waals surface area contributed by atoms with Crippen LogP contribution in [0.5, 0.6) is 0 Å². The molecule has 1 aliphatic rings. The fraction of sp³-hybridized carbons (Fsp3) is 0.312. The summed E-state index contributed by atoms with van der Waals surface area (Å²) in [5.41, 5.74) is 1.42. The van der Waals surface area contributed by atoms with Crippen molar-refractivity contribution in [2.75, 3.05) is 13.2 Å². The van der Waals surface area contributed by atoms with Gasteiger partial charge < -0.3 is 10.1 Å². The molecule has 1 aliphatic heterocycles. The maximum absolute atomic E-state index is 12.3. The Labute approximate surface area is 122 Å². The van der Waals surface area contributed by atoms with Crippen LogP contribution in [0.2, 0.25) is 0 Å². The van der Waals surface area contributed by atoms with E-state index in [4.69, 9.17) is 4.74 Å². The maximum atomic E-state index is 12.3. The van der Waals surface area contributed by atoms with Crippen LogP contribution >= 0.6 is 0 Å². The third-order valence-corrected chi connectivity index (χ3v) is 3.66. The topological polar surface area (TPSA) is 68.3 Å². The first-order chi connectivity index (χ1) is 10.3. The van der Waals surface area contributed by atoms with Gasteiger partial charge in [-0.3, -0.25) is 9.59 Å². The van der Waals surface area contributed by atoms with Crippen LogP contribution in [-0.2, 0) is 4.74 Å². The zero-order valence-corrected chi connectivity index (χ0v) is 11.5. The van der Waals surface area contributed by atoms with Crippen LogP contribution in [0.25, 0.3) is 10.9 Å². The third-order valence-electron chi connectivity index (χ3n) is 3.66. The van der Waals surface area contributed by atoms with Gasteiger partial charge in [0.1, 0.15) is 5.69 Å². The van der Waals surface area contributed by atoms with Crippen LogP contribution < -0.4 is 5.32 Å². The number of amides is 1. The molecule has 1 aromatic heterocycles. The Kier molecular flexibility index (Phi) is 3.92. The van der Waals surface area contributed by atoms with E-state index in [1.54, 1.807) is 12.1 Å². The molecule has 2 heterocycles. The number of nitrogens with zero attached hydrogens (tertiary/aromatic N) is 1. The molecule has 3 rings (SSSR count). The third kappa shape index (κ3) is 2.92. The Balaban J connectivity index is 1.88. The summed E-state index contributed by atoms with van der Waals surface area (Å²) < 4.78 is 5.27.